The molecule has 2 rings (SSSR count). The highest BCUT2D eigenvalue weighted by Crippen LogP contribution is 2.16. The van der Waals surface area contributed by atoms with E-state index in [0.717, 1.165) is 5.39 Å². The number of rotatable bonds is 2. The average molecular weight is 174 g/mol. The molecule has 0 fully saturated rings. The van der Waals surface area contributed by atoms with Crippen LogP contribution in [0.4, 0.5) is 0 Å². The van der Waals surface area contributed by atoms with Gasteiger partial charge in [0.25, 0.3) is 0 Å². The third-order valence-electron chi connectivity index (χ3n) is 1.88. The molecule has 0 aliphatic carbocycles. The van der Waals surface area contributed by atoms with Crippen LogP contribution < -0.4 is 0 Å². The molecule has 2 aromatic rings. The second-order valence-electron chi connectivity index (χ2n) is 2.68. The lowest BCUT2D eigenvalue weighted by molar-refractivity contribution is 0.112. The standard InChI is InChI=1S/C9H6N2O2/c12-4-6-1-7(5-13)8-3-10-11-9(8)2-6/h1-5H,(H,10,11). The summed E-state index contributed by atoms with van der Waals surface area (Å²) in [5.41, 5.74) is 1.65. The fourth-order valence-corrected chi connectivity index (χ4v) is 1.27. The summed E-state index contributed by atoms with van der Waals surface area (Å²) in [5.74, 6) is 0. The molecule has 0 spiro atoms. The summed E-state index contributed by atoms with van der Waals surface area (Å²) in [6.45, 7) is 0. The first-order chi connectivity index (χ1) is 6.35. The molecule has 0 radical (unpaired) electrons. The van der Waals surface area contributed by atoms with Crippen LogP contribution in [0.1, 0.15) is 20.7 Å². The number of nitrogens with zero attached hydrogens (tertiary/aromatic N) is 1. The summed E-state index contributed by atoms with van der Waals surface area (Å²) in [6.07, 6.45) is 2.98. The van der Waals surface area contributed by atoms with Gasteiger partial charge in [-0.05, 0) is 12.1 Å². The number of carbonyl (C=O) groups excluding carboxylic acids is 2. The third kappa shape index (κ3) is 1.12. The number of nitrogens with one attached hydrogen (secondary N) is 1. The van der Waals surface area contributed by atoms with E-state index in [-0.39, 0.29) is 0 Å². The molecule has 0 atom stereocenters. The topological polar surface area (TPSA) is 62.8 Å². The van der Waals surface area contributed by atoms with Crippen molar-refractivity contribution in [2.75, 3.05) is 0 Å². The van der Waals surface area contributed by atoms with Gasteiger partial charge in [0.1, 0.15) is 6.29 Å². The minimum Gasteiger partial charge on any atom is -0.298 e. The van der Waals surface area contributed by atoms with E-state index in [1.54, 1.807) is 12.3 Å². The predicted molar refractivity (Wildman–Crippen MR) is 46.9 cm³/mol. The van der Waals surface area contributed by atoms with Crippen molar-refractivity contribution < 1.29 is 9.59 Å². The summed E-state index contributed by atoms with van der Waals surface area (Å²) < 4.78 is 0. The number of benzene rings is 1. The average Bonchev–Trinajstić information content (AvgIpc) is 2.63. The summed E-state index contributed by atoms with van der Waals surface area (Å²) in [4.78, 5) is 21.1. The normalized spacial score (nSPS) is 10.2. The van der Waals surface area contributed by atoms with E-state index in [9.17, 15) is 9.59 Å². The Morgan fingerprint density at radius 2 is 2.08 bits per heavy atom. The van der Waals surface area contributed by atoms with Crippen molar-refractivity contribution in [3.8, 4) is 0 Å². The Morgan fingerprint density at radius 1 is 1.23 bits per heavy atom. The van der Waals surface area contributed by atoms with E-state index < -0.39 is 0 Å². The van der Waals surface area contributed by atoms with Crippen molar-refractivity contribution in [3.05, 3.63) is 29.5 Å². The second-order valence-corrected chi connectivity index (χ2v) is 2.68. The van der Waals surface area contributed by atoms with E-state index in [1.165, 1.54) is 6.07 Å². The Morgan fingerprint density at radius 3 is 2.77 bits per heavy atom. The van der Waals surface area contributed by atoms with Gasteiger partial charge >= 0.3 is 0 Å². The van der Waals surface area contributed by atoms with Gasteiger partial charge in [-0.3, -0.25) is 14.7 Å². The summed E-state index contributed by atoms with van der Waals surface area (Å²) >= 11 is 0. The Balaban J connectivity index is 2.84. The van der Waals surface area contributed by atoms with Gasteiger partial charge in [0.05, 0.1) is 11.7 Å². The first kappa shape index (κ1) is 7.67. The maximum atomic E-state index is 10.6. The fraction of sp³-hybridized carbons (Fsp3) is 0. The first-order valence-electron chi connectivity index (χ1n) is 3.72. The molecule has 1 aromatic heterocycles. The van der Waals surface area contributed by atoms with Crippen molar-refractivity contribution in [2.24, 2.45) is 0 Å². The molecule has 4 heteroatoms. The summed E-state index contributed by atoms with van der Waals surface area (Å²) in [6, 6.07) is 3.19. The van der Waals surface area contributed by atoms with Gasteiger partial charge < -0.3 is 0 Å². The maximum absolute atomic E-state index is 10.6. The van der Waals surface area contributed by atoms with E-state index >= 15 is 0 Å². The number of H-pyrrole nitrogens is 1. The quantitative estimate of drug-likeness (QED) is 0.695. The van der Waals surface area contributed by atoms with Crippen LogP contribution in [0.15, 0.2) is 18.3 Å². The SMILES string of the molecule is O=Cc1cc(C=O)c2cn[nH]c2c1. The first-order valence-corrected chi connectivity index (χ1v) is 3.72. The van der Waals surface area contributed by atoms with Crippen molar-refractivity contribution >= 4 is 23.5 Å². The number of fused-ring (bicyclic) bond motifs is 1. The van der Waals surface area contributed by atoms with Gasteiger partial charge in [0.15, 0.2) is 6.29 Å². The van der Waals surface area contributed by atoms with E-state index in [1.807, 2.05) is 0 Å². The zero-order chi connectivity index (χ0) is 9.26. The molecular weight excluding hydrogens is 168 g/mol. The molecule has 0 saturated carbocycles. The highest BCUT2D eigenvalue weighted by molar-refractivity contribution is 5.99. The molecule has 0 amide bonds. The van der Waals surface area contributed by atoms with Crippen LogP contribution in [0.2, 0.25) is 0 Å². The number of hydrogen-bond donors (Lipinski definition) is 1. The Bertz CT molecular complexity index is 473. The molecule has 1 heterocycles. The van der Waals surface area contributed by atoms with Gasteiger partial charge in [0, 0.05) is 16.5 Å². The lowest BCUT2D eigenvalue weighted by atomic mass is 10.1. The number of aromatic amines is 1. The zero-order valence-electron chi connectivity index (χ0n) is 6.65. The number of aldehydes is 2. The molecule has 1 aromatic carbocycles. The maximum Gasteiger partial charge on any atom is 0.150 e. The van der Waals surface area contributed by atoms with E-state index in [0.29, 0.717) is 29.2 Å². The summed E-state index contributed by atoms with van der Waals surface area (Å²) in [7, 11) is 0. The predicted octanol–water partition coefficient (Wildman–Crippen LogP) is 1.19. The molecule has 0 aliphatic heterocycles. The van der Waals surface area contributed by atoms with E-state index in [2.05, 4.69) is 10.2 Å². The molecule has 13 heavy (non-hydrogen) atoms. The molecule has 0 aliphatic rings. The van der Waals surface area contributed by atoms with Crippen LogP contribution in [0.5, 0.6) is 0 Å². The molecule has 64 valence electrons. The highest BCUT2D eigenvalue weighted by atomic mass is 16.1. The van der Waals surface area contributed by atoms with Crippen molar-refractivity contribution in [3.63, 3.8) is 0 Å². The molecular formula is C9H6N2O2. The third-order valence-corrected chi connectivity index (χ3v) is 1.88. The van der Waals surface area contributed by atoms with E-state index in [4.69, 9.17) is 0 Å². The van der Waals surface area contributed by atoms with Crippen LogP contribution in [-0.2, 0) is 0 Å². The Labute approximate surface area is 73.6 Å². The smallest absolute Gasteiger partial charge is 0.150 e. The van der Waals surface area contributed by atoms with Crippen LogP contribution in [0, 0.1) is 0 Å². The van der Waals surface area contributed by atoms with Crippen molar-refractivity contribution in [1.29, 1.82) is 0 Å². The Hall–Kier alpha value is -1.97. The Kier molecular flexibility index (Phi) is 1.66. The lowest BCUT2D eigenvalue weighted by Gasteiger charge is -1.94. The molecule has 0 bridgehead atoms. The lowest BCUT2D eigenvalue weighted by Crippen LogP contribution is -1.86. The number of carbonyl (C=O) groups is 2. The number of hydrogen-bond acceptors (Lipinski definition) is 3. The molecule has 0 unspecified atom stereocenters. The number of aromatic nitrogens is 2. The second kappa shape index (κ2) is 2.82. The monoisotopic (exact) mass is 174 g/mol. The highest BCUT2D eigenvalue weighted by Gasteiger charge is 2.03. The summed E-state index contributed by atoms with van der Waals surface area (Å²) in [5, 5.41) is 7.22. The van der Waals surface area contributed by atoms with Crippen LogP contribution in [0.3, 0.4) is 0 Å². The van der Waals surface area contributed by atoms with Crippen LogP contribution >= 0.6 is 0 Å². The van der Waals surface area contributed by atoms with Crippen molar-refractivity contribution in [2.45, 2.75) is 0 Å². The fourth-order valence-electron chi connectivity index (χ4n) is 1.27. The van der Waals surface area contributed by atoms with Gasteiger partial charge in [0.2, 0.25) is 0 Å². The van der Waals surface area contributed by atoms with Gasteiger partial charge in [-0.15, -0.1) is 0 Å². The minimum atomic E-state index is 0.471. The molecule has 4 nitrogen and oxygen atoms in total. The van der Waals surface area contributed by atoms with Crippen LogP contribution in [0.25, 0.3) is 10.9 Å². The van der Waals surface area contributed by atoms with Gasteiger partial charge in [-0.25, -0.2) is 0 Å². The van der Waals surface area contributed by atoms with Crippen LogP contribution in [-0.4, -0.2) is 22.8 Å². The zero-order valence-corrected chi connectivity index (χ0v) is 6.65. The largest absolute Gasteiger partial charge is 0.298 e. The van der Waals surface area contributed by atoms with Gasteiger partial charge in [-0.1, -0.05) is 0 Å². The van der Waals surface area contributed by atoms with Crippen molar-refractivity contribution in [1.82, 2.24) is 10.2 Å². The molecule has 1 N–H and O–H groups in total. The van der Waals surface area contributed by atoms with Gasteiger partial charge in [-0.2, -0.15) is 5.10 Å². The minimum absolute atomic E-state index is 0.471. The molecule has 0 saturated heterocycles.